The molecule has 0 atom stereocenters. The van der Waals surface area contributed by atoms with Crippen LogP contribution in [0.5, 0.6) is 0 Å². The van der Waals surface area contributed by atoms with Gasteiger partial charge in [0.05, 0.1) is 0 Å². The van der Waals surface area contributed by atoms with Gasteiger partial charge in [0.15, 0.2) is 0 Å². The molecule has 4 aromatic rings. The van der Waals surface area contributed by atoms with E-state index < -0.39 is 0 Å². The zero-order valence-corrected chi connectivity index (χ0v) is 13.5. The van der Waals surface area contributed by atoms with Crippen molar-refractivity contribution < 1.29 is 27.3 Å². The predicted octanol–water partition coefficient (Wildman–Crippen LogP) is 4.58. The van der Waals surface area contributed by atoms with Gasteiger partial charge < -0.3 is 0 Å². The monoisotopic (exact) mass is 316 g/mol. The Hall–Kier alpha value is -1.16. The summed E-state index contributed by atoms with van der Waals surface area (Å²) in [6, 6.07) is 21.9. The van der Waals surface area contributed by atoms with Crippen molar-refractivity contribution in [2.45, 2.75) is 0 Å². The molecule has 4 aromatic carbocycles. The van der Waals surface area contributed by atoms with Gasteiger partial charge in [0.2, 0.25) is 0 Å². The molecule has 0 unspecified atom stereocenters. The van der Waals surface area contributed by atoms with Gasteiger partial charge in [-0.3, -0.25) is 0 Å². The number of hydrogen-bond donors (Lipinski definition) is 0. The van der Waals surface area contributed by atoms with Crippen molar-refractivity contribution in [3.8, 4) is 0 Å². The average Bonchev–Trinajstić information content (AvgIpc) is 2.36. The van der Waals surface area contributed by atoms with Crippen molar-refractivity contribution in [1.29, 1.82) is 0 Å². The number of hydrogen-bond acceptors (Lipinski definition) is 0. The van der Waals surface area contributed by atoms with Crippen molar-refractivity contribution in [2.24, 2.45) is 0 Å². The van der Waals surface area contributed by atoms with Crippen LogP contribution in [0.4, 0.5) is 0 Å². The number of rotatable bonds is 0. The van der Waals surface area contributed by atoms with E-state index >= 15 is 0 Å². The fourth-order valence-electron chi connectivity index (χ4n) is 2.67. The Kier molecular flexibility index (Phi) is 2.55. The summed E-state index contributed by atoms with van der Waals surface area (Å²) < 4.78 is 0. The molecule has 0 saturated carbocycles. The van der Waals surface area contributed by atoms with Gasteiger partial charge in [0, 0.05) is 27.3 Å². The third-order valence-corrected chi connectivity index (χ3v) is 3.39. The van der Waals surface area contributed by atoms with E-state index in [0.717, 1.165) is 0 Å². The molecular formula is C16H10Cd. The molecular weight excluding hydrogens is 305 g/mol. The third-order valence-electron chi connectivity index (χ3n) is 3.39. The minimum atomic E-state index is 0. The SMILES string of the molecule is [Cd].c1cc2ccc3cccc4ccc(c1)c2c34. The third kappa shape index (κ3) is 1.47. The van der Waals surface area contributed by atoms with Crippen LogP contribution in [0.3, 0.4) is 0 Å². The first-order valence-electron chi connectivity index (χ1n) is 5.56. The van der Waals surface area contributed by atoms with E-state index in [4.69, 9.17) is 0 Å². The van der Waals surface area contributed by atoms with Crippen molar-refractivity contribution in [3.05, 3.63) is 60.7 Å². The first-order chi connectivity index (χ1) is 7.93. The summed E-state index contributed by atoms with van der Waals surface area (Å²) >= 11 is 0. The quantitative estimate of drug-likeness (QED) is 0.329. The van der Waals surface area contributed by atoms with Gasteiger partial charge in [0.25, 0.3) is 0 Å². The zero-order valence-electron chi connectivity index (χ0n) is 9.48. The van der Waals surface area contributed by atoms with Gasteiger partial charge in [-0.2, -0.15) is 0 Å². The molecule has 0 spiro atoms. The van der Waals surface area contributed by atoms with Crippen LogP contribution in [0.1, 0.15) is 0 Å². The standard InChI is InChI=1S/C16H10.Cd/c1-3-11-7-9-13-5-2-6-14-10-8-12(4-1)15(11)16(13)14;/h1-10H;. The first kappa shape index (κ1) is 11.0. The van der Waals surface area contributed by atoms with Crippen molar-refractivity contribution >= 4 is 32.3 Å². The van der Waals surface area contributed by atoms with Crippen LogP contribution in [0.25, 0.3) is 32.3 Å². The maximum absolute atomic E-state index is 2.21. The number of benzene rings is 4. The minimum Gasteiger partial charge on any atom is -0.0610 e. The van der Waals surface area contributed by atoms with Crippen LogP contribution in [0.15, 0.2) is 60.7 Å². The van der Waals surface area contributed by atoms with Crippen molar-refractivity contribution in [3.63, 3.8) is 0 Å². The topological polar surface area (TPSA) is 0 Å². The van der Waals surface area contributed by atoms with E-state index in [0.29, 0.717) is 0 Å². The van der Waals surface area contributed by atoms with Gasteiger partial charge in [-0.25, -0.2) is 0 Å². The van der Waals surface area contributed by atoms with E-state index in [1.807, 2.05) is 0 Å². The van der Waals surface area contributed by atoms with Crippen LogP contribution in [0.2, 0.25) is 0 Å². The second-order valence-electron chi connectivity index (χ2n) is 4.29. The largest absolute Gasteiger partial charge is 0.0610 e. The predicted molar refractivity (Wildman–Crippen MR) is 70.1 cm³/mol. The second-order valence-corrected chi connectivity index (χ2v) is 4.29. The molecule has 0 saturated heterocycles. The summed E-state index contributed by atoms with van der Waals surface area (Å²) in [5.41, 5.74) is 0. The van der Waals surface area contributed by atoms with E-state index in [1.165, 1.54) is 32.3 Å². The maximum atomic E-state index is 2.21. The van der Waals surface area contributed by atoms with Crippen LogP contribution in [0, 0.1) is 0 Å². The molecule has 0 aromatic heterocycles. The van der Waals surface area contributed by atoms with E-state index in [1.54, 1.807) is 0 Å². The van der Waals surface area contributed by atoms with Crippen molar-refractivity contribution in [1.82, 2.24) is 0 Å². The maximum Gasteiger partial charge on any atom is 0 e. The smallest absolute Gasteiger partial charge is 0 e. The Morgan fingerprint density at radius 2 is 0.706 bits per heavy atom. The van der Waals surface area contributed by atoms with Gasteiger partial charge in [-0.15, -0.1) is 0 Å². The Bertz CT molecular complexity index is 672. The van der Waals surface area contributed by atoms with Crippen LogP contribution in [-0.4, -0.2) is 0 Å². The molecule has 0 heterocycles. The summed E-state index contributed by atoms with van der Waals surface area (Å²) in [6.07, 6.45) is 0. The van der Waals surface area contributed by atoms with E-state index in [2.05, 4.69) is 60.7 Å². The Labute approximate surface area is 120 Å². The molecule has 0 fully saturated rings. The summed E-state index contributed by atoms with van der Waals surface area (Å²) in [4.78, 5) is 0. The van der Waals surface area contributed by atoms with Gasteiger partial charge in [0.1, 0.15) is 0 Å². The molecule has 0 N–H and O–H groups in total. The molecule has 0 amide bonds. The Morgan fingerprint density at radius 1 is 0.412 bits per heavy atom. The van der Waals surface area contributed by atoms with E-state index in [9.17, 15) is 0 Å². The Balaban J connectivity index is 0.000000902. The minimum absolute atomic E-state index is 0. The average molecular weight is 315 g/mol. The van der Waals surface area contributed by atoms with Crippen LogP contribution < -0.4 is 0 Å². The van der Waals surface area contributed by atoms with Gasteiger partial charge in [-0.05, 0) is 32.3 Å². The molecule has 76 valence electrons. The van der Waals surface area contributed by atoms with Gasteiger partial charge >= 0.3 is 0 Å². The normalized spacial score (nSPS) is 11.1. The molecule has 0 bridgehead atoms. The summed E-state index contributed by atoms with van der Waals surface area (Å²) in [5.74, 6) is 0. The molecule has 0 aliphatic carbocycles. The molecule has 4 rings (SSSR count). The summed E-state index contributed by atoms with van der Waals surface area (Å²) in [6.45, 7) is 0. The fraction of sp³-hybridized carbons (Fsp3) is 0. The van der Waals surface area contributed by atoms with Crippen LogP contribution >= 0.6 is 0 Å². The summed E-state index contributed by atoms with van der Waals surface area (Å²) in [5, 5.41) is 8.14. The zero-order chi connectivity index (χ0) is 10.5. The van der Waals surface area contributed by atoms with Crippen molar-refractivity contribution in [2.75, 3.05) is 0 Å². The Morgan fingerprint density at radius 3 is 1.00 bits per heavy atom. The molecule has 0 aliphatic heterocycles. The molecule has 0 aliphatic rings. The fourth-order valence-corrected chi connectivity index (χ4v) is 2.67. The van der Waals surface area contributed by atoms with Crippen LogP contribution in [-0.2, 0) is 27.3 Å². The second kappa shape index (κ2) is 3.95. The molecule has 17 heavy (non-hydrogen) atoms. The molecule has 1 heteroatoms. The molecule has 0 radical (unpaired) electrons. The molecule has 0 nitrogen and oxygen atoms in total. The summed E-state index contributed by atoms with van der Waals surface area (Å²) in [7, 11) is 0. The first-order valence-corrected chi connectivity index (χ1v) is 5.56. The van der Waals surface area contributed by atoms with Gasteiger partial charge in [-0.1, -0.05) is 60.7 Å². The van der Waals surface area contributed by atoms with E-state index in [-0.39, 0.29) is 27.3 Å².